The number of amidine groups is 1. The van der Waals surface area contributed by atoms with Crippen LogP contribution in [0.3, 0.4) is 0 Å². The van der Waals surface area contributed by atoms with Gasteiger partial charge in [0.1, 0.15) is 5.84 Å². The highest BCUT2D eigenvalue weighted by Crippen LogP contribution is 2.28. The maximum atomic E-state index is 13.4. The Bertz CT molecular complexity index is 1210. The number of nitroso groups, excluding NO2 is 1. The van der Waals surface area contributed by atoms with Crippen molar-refractivity contribution >= 4 is 34.9 Å². The molecule has 3 amide bonds. The van der Waals surface area contributed by atoms with Gasteiger partial charge in [-0.1, -0.05) is 11.2 Å². The van der Waals surface area contributed by atoms with Crippen molar-refractivity contribution in [1.82, 2.24) is 4.90 Å². The summed E-state index contributed by atoms with van der Waals surface area (Å²) in [6, 6.07) is 9.60. The molecule has 2 saturated heterocycles. The Morgan fingerprint density at radius 1 is 1.11 bits per heavy atom. The molecule has 0 radical (unpaired) electrons. The second-order valence-corrected chi connectivity index (χ2v) is 8.67. The molecule has 2 aromatic carbocycles. The molecule has 12 nitrogen and oxygen atoms in total. The first kappa shape index (κ1) is 25.9. The molecule has 0 bridgehead atoms. The number of ether oxygens (including phenoxy) is 2. The minimum Gasteiger partial charge on any atom is -0.384 e. The van der Waals surface area contributed by atoms with E-state index in [0.29, 0.717) is 54.4 Å². The van der Waals surface area contributed by atoms with Gasteiger partial charge >= 0.3 is 0 Å². The van der Waals surface area contributed by atoms with Gasteiger partial charge in [0, 0.05) is 42.1 Å². The monoisotopic (exact) mass is 508 g/mol. The van der Waals surface area contributed by atoms with E-state index in [0.717, 1.165) is 0 Å². The van der Waals surface area contributed by atoms with E-state index >= 15 is 0 Å². The standard InChI is InChI=1S/C25H28N6O6/c1-15-18(24(33)30-9-12-36-13-10-30)3-2-4-19(15)31-11-14-37-21(25(31)34)20(29-35)23(32)28-17-7-5-16(6-8-17)22(26)27/h2-8,20-21H,9-14H2,1H3,(H3,26,27)(H,28,32)/t20-,21-/m1/s1. The molecular formula is C25H28N6O6. The molecule has 0 unspecified atom stereocenters. The van der Waals surface area contributed by atoms with Crippen molar-refractivity contribution in [3.8, 4) is 0 Å². The van der Waals surface area contributed by atoms with Crippen molar-refractivity contribution in [2.45, 2.75) is 19.1 Å². The minimum absolute atomic E-state index is 0.0735. The lowest BCUT2D eigenvalue weighted by Gasteiger charge is -2.35. The van der Waals surface area contributed by atoms with Crippen molar-refractivity contribution in [3.05, 3.63) is 64.1 Å². The van der Waals surface area contributed by atoms with Crippen LogP contribution in [0.15, 0.2) is 47.6 Å². The molecule has 2 atom stereocenters. The summed E-state index contributed by atoms with van der Waals surface area (Å²) in [5.41, 5.74) is 7.82. The molecular weight excluding hydrogens is 480 g/mol. The Morgan fingerprint density at radius 3 is 2.46 bits per heavy atom. The molecule has 37 heavy (non-hydrogen) atoms. The number of carbonyl (C=O) groups excluding carboxylic acids is 3. The van der Waals surface area contributed by atoms with Gasteiger partial charge in [-0.05, 0) is 48.9 Å². The molecule has 2 aromatic rings. The zero-order valence-corrected chi connectivity index (χ0v) is 20.3. The zero-order chi connectivity index (χ0) is 26.5. The summed E-state index contributed by atoms with van der Waals surface area (Å²) in [5, 5.41) is 12.9. The van der Waals surface area contributed by atoms with Crippen LogP contribution < -0.4 is 16.0 Å². The SMILES string of the molecule is Cc1c(C(=O)N2CCOCC2)cccc1N1CCO[C@H]([C@@H](N=O)C(=O)Nc2ccc(C(=N)N)cc2)C1=O. The number of hydrogen-bond donors (Lipinski definition) is 3. The van der Waals surface area contributed by atoms with Crippen LogP contribution in [0.1, 0.15) is 21.5 Å². The highest BCUT2D eigenvalue weighted by molar-refractivity contribution is 6.06. The van der Waals surface area contributed by atoms with Crippen molar-refractivity contribution in [2.24, 2.45) is 10.9 Å². The Kier molecular flexibility index (Phi) is 7.89. The summed E-state index contributed by atoms with van der Waals surface area (Å²) < 4.78 is 10.9. The van der Waals surface area contributed by atoms with Gasteiger partial charge in [-0.25, -0.2) is 0 Å². The van der Waals surface area contributed by atoms with Gasteiger partial charge in [0.2, 0.25) is 6.04 Å². The third-order valence-electron chi connectivity index (χ3n) is 6.38. The topological polar surface area (TPSA) is 167 Å². The molecule has 4 N–H and O–H groups in total. The van der Waals surface area contributed by atoms with Gasteiger partial charge in [-0.15, -0.1) is 4.91 Å². The number of morpholine rings is 2. The first-order valence-electron chi connectivity index (χ1n) is 11.8. The van der Waals surface area contributed by atoms with Crippen LogP contribution in [-0.4, -0.2) is 80.1 Å². The van der Waals surface area contributed by atoms with Gasteiger partial charge < -0.3 is 30.3 Å². The number of carbonyl (C=O) groups is 3. The Labute approximate surface area is 213 Å². The summed E-state index contributed by atoms with van der Waals surface area (Å²) >= 11 is 0. The molecule has 0 aromatic heterocycles. The van der Waals surface area contributed by atoms with Crippen LogP contribution in [0, 0.1) is 17.2 Å². The van der Waals surface area contributed by atoms with E-state index in [-0.39, 0.29) is 24.9 Å². The molecule has 0 aliphatic carbocycles. The number of rotatable bonds is 7. The molecule has 12 heteroatoms. The predicted octanol–water partition coefficient (Wildman–Crippen LogP) is 1.26. The van der Waals surface area contributed by atoms with Gasteiger partial charge in [-0.2, -0.15) is 0 Å². The smallest absolute Gasteiger partial charge is 0.259 e. The quantitative estimate of drug-likeness (QED) is 0.287. The summed E-state index contributed by atoms with van der Waals surface area (Å²) in [4.78, 5) is 54.2. The molecule has 2 aliphatic rings. The maximum Gasteiger partial charge on any atom is 0.259 e. The van der Waals surface area contributed by atoms with Crippen LogP contribution in [0.5, 0.6) is 0 Å². The summed E-state index contributed by atoms with van der Waals surface area (Å²) in [6.07, 6.45) is -1.43. The highest BCUT2D eigenvalue weighted by atomic mass is 16.5. The van der Waals surface area contributed by atoms with Gasteiger partial charge in [0.05, 0.1) is 19.8 Å². The van der Waals surface area contributed by atoms with Crippen LogP contribution in [0.2, 0.25) is 0 Å². The normalized spacial score (nSPS) is 18.7. The van der Waals surface area contributed by atoms with E-state index in [4.69, 9.17) is 20.6 Å². The molecule has 0 spiro atoms. The van der Waals surface area contributed by atoms with Gasteiger partial charge in [0.15, 0.2) is 6.10 Å². The van der Waals surface area contributed by atoms with Crippen LogP contribution in [0.25, 0.3) is 0 Å². The molecule has 2 fully saturated rings. The van der Waals surface area contributed by atoms with E-state index < -0.39 is 24.0 Å². The van der Waals surface area contributed by atoms with Crippen molar-refractivity contribution in [2.75, 3.05) is 49.7 Å². The van der Waals surface area contributed by atoms with Crippen molar-refractivity contribution < 1.29 is 23.9 Å². The number of anilines is 2. The maximum absolute atomic E-state index is 13.4. The predicted molar refractivity (Wildman–Crippen MR) is 136 cm³/mol. The lowest BCUT2D eigenvalue weighted by Crippen LogP contribution is -2.55. The number of nitrogen functional groups attached to an aromatic ring is 1. The second-order valence-electron chi connectivity index (χ2n) is 8.67. The van der Waals surface area contributed by atoms with Crippen LogP contribution in [-0.2, 0) is 19.1 Å². The molecule has 0 saturated carbocycles. The fraction of sp³-hybridized carbons (Fsp3) is 0.360. The lowest BCUT2D eigenvalue weighted by atomic mass is 10.0. The van der Waals surface area contributed by atoms with E-state index in [9.17, 15) is 19.3 Å². The number of hydrogen-bond acceptors (Lipinski definition) is 8. The van der Waals surface area contributed by atoms with E-state index in [1.165, 1.54) is 17.0 Å². The summed E-state index contributed by atoms with van der Waals surface area (Å²) in [7, 11) is 0. The first-order valence-corrected chi connectivity index (χ1v) is 11.8. The van der Waals surface area contributed by atoms with Gasteiger partial charge in [0.25, 0.3) is 17.7 Å². The number of nitrogens with two attached hydrogens (primary N) is 1. The van der Waals surface area contributed by atoms with Crippen LogP contribution >= 0.6 is 0 Å². The van der Waals surface area contributed by atoms with Crippen molar-refractivity contribution in [1.29, 1.82) is 5.41 Å². The average Bonchev–Trinajstić information content (AvgIpc) is 2.91. The number of benzene rings is 2. The summed E-state index contributed by atoms with van der Waals surface area (Å²) in [5.74, 6) is -1.68. The highest BCUT2D eigenvalue weighted by Gasteiger charge is 2.42. The minimum atomic E-state index is -1.64. The Morgan fingerprint density at radius 2 is 1.81 bits per heavy atom. The first-order chi connectivity index (χ1) is 17.8. The van der Waals surface area contributed by atoms with Crippen LogP contribution in [0.4, 0.5) is 11.4 Å². The molecule has 194 valence electrons. The number of nitrogens with one attached hydrogen (secondary N) is 2. The second kappa shape index (κ2) is 11.3. The summed E-state index contributed by atoms with van der Waals surface area (Å²) in [6.45, 7) is 3.93. The fourth-order valence-corrected chi connectivity index (χ4v) is 4.35. The van der Waals surface area contributed by atoms with E-state index in [2.05, 4.69) is 10.5 Å². The van der Waals surface area contributed by atoms with E-state index in [1.807, 2.05) is 0 Å². The number of nitrogens with zero attached hydrogens (tertiary/aromatic N) is 3. The van der Waals surface area contributed by atoms with Gasteiger partial charge in [-0.3, -0.25) is 19.8 Å². The fourth-order valence-electron chi connectivity index (χ4n) is 4.35. The van der Waals surface area contributed by atoms with E-state index in [1.54, 1.807) is 42.2 Å². The number of amides is 3. The Balaban J connectivity index is 1.52. The third-order valence-corrected chi connectivity index (χ3v) is 6.38. The molecule has 4 rings (SSSR count). The van der Waals surface area contributed by atoms with Crippen molar-refractivity contribution in [3.63, 3.8) is 0 Å². The molecule has 2 heterocycles. The third kappa shape index (κ3) is 5.49. The lowest BCUT2D eigenvalue weighted by molar-refractivity contribution is -0.139. The molecule has 2 aliphatic heterocycles. The Hall–Kier alpha value is -4.16. The zero-order valence-electron chi connectivity index (χ0n) is 20.3. The average molecular weight is 509 g/mol. The largest absolute Gasteiger partial charge is 0.384 e.